The number of hydrogen-bond acceptors (Lipinski definition) is 7. The van der Waals surface area contributed by atoms with Gasteiger partial charge in [0.1, 0.15) is 5.01 Å². The first-order valence-electron chi connectivity index (χ1n) is 6.73. The molecule has 0 aliphatic rings. The smallest absolute Gasteiger partial charge is 0.132 e. The Morgan fingerprint density at radius 1 is 1.59 bits per heavy atom. The third-order valence-corrected chi connectivity index (χ3v) is 4.88. The van der Waals surface area contributed by atoms with Crippen molar-refractivity contribution in [1.82, 2.24) is 14.9 Å². The van der Waals surface area contributed by atoms with Crippen molar-refractivity contribution in [3.63, 3.8) is 0 Å². The highest BCUT2D eigenvalue weighted by Crippen LogP contribution is 2.34. The number of pyridine rings is 1. The summed E-state index contributed by atoms with van der Waals surface area (Å²) in [6.07, 6.45) is 7.16. The van der Waals surface area contributed by atoms with Crippen molar-refractivity contribution in [3.8, 4) is 0 Å². The van der Waals surface area contributed by atoms with Gasteiger partial charge in [-0.1, -0.05) is 0 Å². The summed E-state index contributed by atoms with van der Waals surface area (Å²) < 4.78 is 1.02. The maximum atomic E-state index is 9.64. The Bertz CT molecular complexity index is 650. The molecule has 0 amide bonds. The minimum atomic E-state index is -0.142. The van der Waals surface area contributed by atoms with E-state index >= 15 is 0 Å². The summed E-state index contributed by atoms with van der Waals surface area (Å²) in [7, 11) is 1.90. The Kier molecular flexibility index (Phi) is 6.32. The van der Waals surface area contributed by atoms with Crippen molar-refractivity contribution in [2.45, 2.75) is 0 Å². The molecule has 0 spiro atoms. The van der Waals surface area contributed by atoms with Crippen LogP contribution in [0, 0.1) is 0 Å². The zero-order valence-electron chi connectivity index (χ0n) is 12.6. The van der Waals surface area contributed by atoms with Gasteiger partial charge in [0, 0.05) is 32.5 Å². The molecule has 0 aliphatic carbocycles. The number of thioether (sulfide) groups is 1. The fourth-order valence-electron chi connectivity index (χ4n) is 1.81. The molecule has 2 aromatic rings. The molecule has 0 aromatic carbocycles. The van der Waals surface area contributed by atoms with Crippen LogP contribution in [-0.2, 0) is 0 Å². The average molecular weight is 337 g/mol. The van der Waals surface area contributed by atoms with Crippen LogP contribution in [0.15, 0.2) is 29.1 Å². The van der Waals surface area contributed by atoms with Crippen molar-refractivity contribution in [2.24, 2.45) is 10.7 Å². The topological polar surface area (TPSA) is 87.6 Å². The summed E-state index contributed by atoms with van der Waals surface area (Å²) in [5, 5.41) is 10.5. The molecule has 2 rings (SSSR count). The van der Waals surface area contributed by atoms with Gasteiger partial charge in [-0.2, -0.15) is 0 Å². The van der Waals surface area contributed by atoms with Crippen LogP contribution in [0.1, 0.15) is 5.01 Å². The number of aliphatic imine (C=N–C) groups is 1. The number of aliphatic hydroxyl groups is 1. The molecule has 0 atom stereocenters. The van der Waals surface area contributed by atoms with Crippen molar-refractivity contribution >= 4 is 44.6 Å². The van der Waals surface area contributed by atoms with Crippen LogP contribution >= 0.6 is 23.1 Å². The molecule has 6 nitrogen and oxygen atoms in total. The maximum absolute atomic E-state index is 9.64. The van der Waals surface area contributed by atoms with E-state index in [1.165, 1.54) is 11.8 Å². The van der Waals surface area contributed by atoms with Crippen LogP contribution in [0.2, 0.25) is 0 Å². The predicted octanol–water partition coefficient (Wildman–Crippen LogP) is 1.63. The summed E-state index contributed by atoms with van der Waals surface area (Å²) in [5.41, 5.74) is 7.01. The summed E-state index contributed by atoms with van der Waals surface area (Å²) >= 11 is 3.07. The van der Waals surface area contributed by atoms with E-state index in [0.717, 1.165) is 20.1 Å². The van der Waals surface area contributed by atoms with Crippen molar-refractivity contribution < 1.29 is 5.11 Å². The molecular weight excluding hydrogens is 318 g/mol. The Balaban J connectivity index is 2.36. The molecule has 0 bridgehead atoms. The van der Waals surface area contributed by atoms with E-state index in [2.05, 4.69) is 15.0 Å². The number of rotatable bonds is 7. The average Bonchev–Trinajstić information content (AvgIpc) is 2.95. The highest BCUT2D eigenvalue weighted by atomic mass is 32.2. The van der Waals surface area contributed by atoms with E-state index in [1.54, 1.807) is 30.1 Å². The predicted molar refractivity (Wildman–Crippen MR) is 95.1 cm³/mol. The number of likely N-dealkylation sites (N-methyl/N-ethyl adjacent to an activating group) is 1. The molecule has 8 heteroatoms. The van der Waals surface area contributed by atoms with Crippen LogP contribution in [0.5, 0.6) is 0 Å². The molecule has 22 heavy (non-hydrogen) atoms. The monoisotopic (exact) mass is 337 g/mol. The van der Waals surface area contributed by atoms with Gasteiger partial charge in [-0.3, -0.25) is 4.98 Å². The minimum absolute atomic E-state index is 0.142. The second kappa shape index (κ2) is 8.23. The molecule has 0 fully saturated rings. The lowest BCUT2D eigenvalue weighted by atomic mass is 10.4. The number of aliphatic hydroxyl groups excluding tert-OH is 1. The third kappa shape index (κ3) is 4.04. The largest absolute Gasteiger partial charge is 0.390 e. The number of aromatic nitrogens is 2. The molecule has 2 aromatic heterocycles. The zero-order valence-corrected chi connectivity index (χ0v) is 14.2. The number of nitrogens with two attached hydrogens (primary N) is 1. The quantitative estimate of drug-likeness (QED) is 0.590. The van der Waals surface area contributed by atoms with Gasteiger partial charge >= 0.3 is 0 Å². The first-order valence-corrected chi connectivity index (χ1v) is 8.77. The fraction of sp³-hybridized carbons (Fsp3) is 0.357. The lowest BCUT2D eigenvalue weighted by Crippen LogP contribution is -2.24. The number of fused-ring (bicyclic) bond motifs is 1. The second-order valence-electron chi connectivity index (χ2n) is 4.51. The standard InChI is InChI=1S/C14H19N5OS2/c1-19(6-4-15)9-17-11(8-20)13(21-2)14-18-10-3-5-16-7-12(10)22-14/h3,5,7,9,20H,4,6,8,15H2,1-2H3/b13-11-,17-9?. The Morgan fingerprint density at radius 2 is 2.41 bits per heavy atom. The Hall–Kier alpha value is -1.48. The molecular formula is C14H19N5OS2. The highest BCUT2D eigenvalue weighted by Gasteiger charge is 2.13. The molecule has 118 valence electrons. The van der Waals surface area contributed by atoms with Crippen molar-refractivity contribution in [2.75, 3.05) is 33.0 Å². The first-order chi connectivity index (χ1) is 10.7. The van der Waals surface area contributed by atoms with Gasteiger partial charge in [-0.25, -0.2) is 9.98 Å². The van der Waals surface area contributed by atoms with E-state index in [9.17, 15) is 5.11 Å². The molecule has 3 N–H and O–H groups in total. The van der Waals surface area contributed by atoms with Crippen LogP contribution in [-0.4, -0.2) is 59.3 Å². The Morgan fingerprint density at radius 3 is 3.05 bits per heavy atom. The molecule has 0 radical (unpaired) electrons. The van der Waals surface area contributed by atoms with Crippen LogP contribution in [0.25, 0.3) is 15.1 Å². The van der Waals surface area contributed by atoms with E-state index < -0.39 is 0 Å². The number of hydrogen-bond donors (Lipinski definition) is 2. The second-order valence-corrected chi connectivity index (χ2v) is 6.36. The van der Waals surface area contributed by atoms with Gasteiger partial charge < -0.3 is 15.7 Å². The van der Waals surface area contributed by atoms with Gasteiger partial charge in [-0.15, -0.1) is 23.1 Å². The van der Waals surface area contributed by atoms with E-state index in [1.807, 2.05) is 24.3 Å². The molecule has 0 saturated heterocycles. The van der Waals surface area contributed by atoms with E-state index in [0.29, 0.717) is 18.8 Å². The van der Waals surface area contributed by atoms with E-state index in [4.69, 9.17) is 5.73 Å². The van der Waals surface area contributed by atoms with Gasteiger partial charge in [0.25, 0.3) is 0 Å². The summed E-state index contributed by atoms with van der Waals surface area (Å²) in [6, 6.07) is 1.88. The SMILES string of the molecule is CS/C(=C(/CO)N=CN(C)CCN)c1nc2ccncc2s1. The third-order valence-electron chi connectivity index (χ3n) is 2.89. The molecule has 0 saturated carbocycles. The van der Waals surface area contributed by atoms with Gasteiger partial charge in [-0.05, 0) is 12.3 Å². The molecule has 2 heterocycles. The molecule has 0 aliphatic heterocycles. The normalized spacial score (nSPS) is 12.9. The summed E-state index contributed by atoms with van der Waals surface area (Å²) in [4.78, 5) is 15.8. The highest BCUT2D eigenvalue weighted by molar-refractivity contribution is 8.07. The number of nitrogens with zero attached hydrogens (tertiary/aromatic N) is 4. The van der Waals surface area contributed by atoms with Crippen LogP contribution in [0.3, 0.4) is 0 Å². The maximum Gasteiger partial charge on any atom is 0.132 e. The lowest BCUT2D eigenvalue weighted by molar-refractivity contribution is 0.330. The van der Waals surface area contributed by atoms with Crippen LogP contribution in [0.4, 0.5) is 0 Å². The number of thiazole rings is 1. The van der Waals surface area contributed by atoms with Gasteiger partial charge in [0.05, 0.1) is 33.8 Å². The van der Waals surface area contributed by atoms with E-state index in [-0.39, 0.29) is 6.61 Å². The van der Waals surface area contributed by atoms with Gasteiger partial charge in [0.15, 0.2) is 0 Å². The Labute approximate surface area is 137 Å². The zero-order chi connectivity index (χ0) is 15.9. The first kappa shape index (κ1) is 16.9. The molecule has 0 unspecified atom stereocenters. The lowest BCUT2D eigenvalue weighted by Gasteiger charge is -2.11. The summed E-state index contributed by atoms with van der Waals surface area (Å²) in [6.45, 7) is 1.13. The fourth-order valence-corrected chi connectivity index (χ4v) is 3.65. The minimum Gasteiger partial charge on any atom is -0.390 e. The van der Waals surface area contributed by atoms with Crippen molar-refractivity contribution in [3.05, 3.63) is 29.2 Å². The van der Waals surface area contributed by atoms with Crippen LogP contribution < -0.4 is 5.73 Å². The summed E-state index contributed by atoms with van der Waals surface area (Å²) in [5.74, 6) is 0. The van der Waals surface area contributed by atoms with Crippen molar-refractivity contribution in [1.29, 1.82) is 0 Å². The van der Waals surface area contributed by atoms with Gasteiger partial charge in [0.2, 0.25) is 0 Å².